The fourth-order valence-corrected chi connectivity index (χ4v) is 1.56. The van der Waals surface area contributed by atoms with Gasteiger partial charge in [0.05, 0.1) is 19.3 Å². The van der Waals surface area contributed by atoms with E-state index in [0.29, 0.717) is 0 Å². The highest BCUT2D eigenvalue weighted by Crippen LogP contribution is 2.31. The van der Waals surface area contributed by atoms with E-state index in [4.69, 9.17) is 15.9 Å². The molecule has 0 unspecified atom stereocenters. The Kier molecular flexibility index (Phi) is 3.86. The average Bonchev–Trinajstić information content (AvgIpc) is 2.11. The van der Waals surface area contributed by atoms with Gasteiger partial charge in [0.1, 0.15) is 0 Å². The molecule has 1 amide bonds. The quantitative estimate of drug-likeness (QED) is 0.447. The van der Waals surface area contributed by atoms with E-state index >= 15 is 0 Å². The molecule has 1 rings (SSSR count). The number of carbonyl (C=O) groups is 1. The molecule has 0 aromatic heterocycles. The van der Waals surface area contributed by atoms with E-state index in [-0.39, 0.29) is 31.1 Å². The molecule has 82 valence electrons. The van der Waals surface area contributed by atoms with E-state index in [1.165, 1.54) is 0 Å². The maximum atomic E-state index is 11.4. The van der Waals surface area contributed by atoms with E-state index < -0.39 is 6.04 Å². The number of aliphatic hydroxyl groups is 2. The number of rotatable bonds is 5. The molecule has 0 bridgehead atoms. The van der Waals surface area contributed by atoms with Crippen molar-refractivity contribution in [3.8, 4) is 0 Å². The molecule has 1 aliphatic carbocycles. The molecule has 1 saturated carbocycles. The molecule has 0 radical (unpaired) electrons. The molecule has 1 fully saturated rings. The summed E-state index contributed by atoms with van der Waals surface area (Å²) >= 11 is 0. The van der Waals surface area contributed by atoms with Crippen LogP contribution in [0.1, 0.15) is 25.7 Å². The third kappa shape index (κ3) is 2.94. The molecule has 0 aromatic rings. The predicted octanol–water partition coefficient (Wildman–Crippen LogP) is -1.27. The maximum Gasteiger partial charge on any atom is 0.222 e. The third-order valence-corrected chi connectivity index (χ3v) is 2.67. The highest BCUT2D eigenvalue weighted by atomic mass is 16.3. The van der Waals surface area contributed by atoms with Crippen LogP contribution in [0.4, 0.5) is 0 Å². The van der Waals surface area contributed by atoms with Crippen molar-refractivity contribution in [2.24, 2.45) is 5.73 Å². The summed E-state index contributed by atoms with van der Waals surface area (Å²) in [6.07, 6.45) is 3.11. The Morgan fingerprint density at radius 3 is 2.36 bits per heavy atom. The summed E-state index contributed by atoms with van der Waals surface area (Å²) in [6, 6.07) is -0.564. The van der Waals surface area contributed by atoms with Gasteiger partial charge in [-0.2, -0.15) is 0 Å². The summed E-state index contributed by atoms with van der Waals surface area (Å²) in [7, 11) is 0. The molecule has 0 saturated heterocycles. The van der Waals surface area contributed by atoms with Crippen LogP contribution < -0.4 is 11.1 Å². The Balaban J connectivity index is 2.27. The molecule has 5 nitrogen and oxygen atoms in total. The lowest BCUT2D eigenvalue weighted by Gasteiger charge is -2.37. The van der Waals surface area contributed by atoms with Gasteiger partial charge in [0, 0.05) is 12.0 Å². The van der Waals surface area contributed by atoms with Crippen molar-refractivity contribution in [1.82, 2.24) is 5.32 Å². The van der Waals surface area contributed by atoms with Crippen molar-refractivity contribution >= 4 is 5.91 Å². The predicted molar refractivity (Wildman–Crippen MR) is 51.5 cm³/mol. The summed E-state index contributed by atoms with van der Waals surface area (Å²) in [5, 5.41) is 20.0. The first-order valence-corrected chi connectivity index (χ1v) is 4.89. The minimum Gasteiger partial charge on any atom is -0.394 e. The summed E-state index contributed by atoms with van der Waals surface area (Å²) in [4.78, 5) is 11.4. The van der Waals surface area contributed by atoms with Gasteiger partial charge in [0.25, 0.3) is 0 Å². The molecule has 14 heavy (non-hydrogen) atoms. The maximum absolute atomic E-state index is 11.4. The molecule has 5 N–H and O–H groups in total. The van der Waals surface area contributed by atoms with E-state index in [9.17, 15) is 4.79 Å². The smallest absolute Gasteiger partial charge is 0.222 e. The molecular formula is C9H18N2O3. The van der Waals surface area contributed by atoms with Gasteiger partial charge in [-0.15, -0.1) is 0 Å². The second-order valence-corrected chi connectivity index (χ2v) is 4.02. The topological polar surface area (TPSA) is 95.6 Å². The van der Waals surface area contributed by atoms with Gasteiger partial charge in [0.2, 0.25) is 5.91 Å². The molecule has 0 aromatic carbocycles. The van der Waals surface area contributed by atoms with Crippen molar-refractivity contribution in [1.29, 1.82) is 0 Å². The van der Waals surface area contributed by atoms with E-state index in [2.05, 4.69) is 5.32 Å². The first-order chi connectivity index (χ1) is 6.59. The van der Waals surface area contributed by atoms with Gasteiger partial charge in [-0.1, -0.05) is 0 Å². The lowest BCUT2D eigenvalue weighted by atomic mass is 9.75. The molecule has 1 aliphatic rings. The Labute approximate surface area is 83.3 Å². The van der Waals surface area contributed by atoms with Gasteiger partial charge in [0.15, 0.2) is 0 Å². The van der Waals surface area contributed by atoms with Crippen molar-refractivity contribution in [2.45, 2.75) is 37.3 Å². The van der Waals surface area contributed by atoms with E-state index in [1.807, 2.05) is 0 Å². The van der Waals surface area contributed by atoms with Crippen LogP contribution in [0.3, 0.4) is 0 Å². The summed E-state index contributed by atoms with van der Waals surface area (Å²) in [5.74, 6) is -0.194. The number of hydrogen-bond donors (Lipinski definition) is 4. The van der Waals surface area contributed by atoms with Crippen LogP contribution in [0.2, 0.25) is 0 Å². The second kappa shape index (κ2) is 4.72. The number of hydrogen-bond acceptors (Lipinski definition) is 4. The molecule has 0 aliphatic heterocycles. The van der Waals surface area contributed by atoms with Gasteiger partial charge < -0.3 is 21.3 Å². The zero-order chi connectivity index (χ0) is 10.6. The van der Waals surface area contributed by atoms with E-state index in [0.717, 1.165) is 19.3 Å². The Morgan fingerprint density at radius 1 is 1.43 bits per heavy atom. The van der Waals surface area contributed by atoms with Gasteiger partial charge in [-0.25, -0.2) is 0 Å². The van der Waals surface area contributed by atoms with Crippen molar-refractivity contribution < 1.29 is 15.0 Å². The number of nitrogens with two attached hydrogens (primary N) is 1. The summed E-state index contributed by atoms with van der Waals surface area (Å²) in [5.41, 5.74) is 5.53. The Hall–Kier alpha value is -0.650. The highest BCUT2D eigenvalue weighted by molar-refractivity contribution is 5.77. The molecular weight excluding hydrogens is 184 g/mol. The van der Waals surface area contributed by atoms with Gasteiger partial charge in [-0.05, 0) is 19.3 Å². The van der Waals surface area contributed by atoms with Crippen LogP contribution in [0, 0.1) is 0 Å². The van der Waals surface area contributed by atoms with Crippen LogP contribution in [-0.4, -0.2) is 40.9 Å². The largest absolute Gasteiger partial charge is 0.394 e. The fraction of sp³-hybridized carbons (Fsp3) is 0.889. The molecule has 0 spiro atoms. The van der Waals surface area contributed by atoms with E-state index in [1.54, 1.807) is 0 Å². The number of aliphatic hydroxyl groups excluding tert-OH is 2. The highest BCUT2D eigenvalue weighted by Gasteiger charge is 2.34. The van der Waals surface area contributed by atoms with Crippen molar-refractivity contribution in [3.05, 3.63) is 0 Å². The minimum absolute atomic E-state index is 0.194. The molecule has 0 atom stereocenters. The van der Waals surface area contributed by atoms with Crippen molar-refractivity contribution in [2.75, 3.05) is 13.2 Å². The standard InChI is InChI=1S/C9H18N2O3/c10-9(2-1-3-9)4-8(14)11-7(5-12)6-13/h7,12-13H,1-6,10H2,(H,11,14). The lowest BCUT2D eigenvalue weighted by Crippen LogP contribution is -2.51. The minimum atomic E-state index is -0.564. The Morgan fingerprint density at radius 2 is 2.00 bits per heavy atom. The first-order valence-electron chi connectivity index (χ1n) is 4.89. The lowest BCUT2D eigenvalue weighted by molar-refractivity contribution is -0.124. The second-order valence-electron chi connectivity index (χ2n) is 4.02. The van der Waals surface area contributed by atoms with Crippen LogP contribution in [0.15, 0.2) is 0 Å². The van der Waals surface area contributed by atoms with Gasteiger partial charge in [-0.3, -0.25) is 4.79 Å². The van der Waals surface area contributed by atoms with Gasteiger partial charge >= 0.3 is 0 Å². The van der Waals surface area contributed by atoms with Crippen molar-refractivity contribution in [3.63, 3.8) is 0 Å². The third-order valence-electron chi connectivity index (χ3n) is 2.67. The molecule has 0 heterocycles. The first kappa shape index (κ1) is 11.4. The number of nitrogens with one attached hydrogen (secondary N) is 1. The SMILES string of the molecule is NC1(CC(=O)NC(CO)CO)CCC1. The molecule has 5 heteroatoms. The van der Waals surface area contributed by atoms with Crippen LogP contribution in [-0.2, 0) is 4.79 Å². The summed E-state index contributed by atoms with van der Waals surface area (Å²) < 4.78 is 0. The van der Waals surface area contributed by atoms with Crippen LogP contribution in [0.25, 0.3) is 0 Å². The zero-order valence-corrected chi connectivity index (χ0v) is 8.20. The number of carbonyl (C=O) groups excluding carboxylic acids is 1. The number of amides is 1. The summed E-state index contributed by atoms with van der Waals surface area (Å²) in [6.45, 7) is -0.500. The Bertz CT molecular complexity index is 200. The van der Waals surface area contributed by atoms with Crippen LogP contribution >= 0.6 is 0 Å². The fourth-order valence-electron chi connectivity index (χ4n) is 1.56. The zero-order valence-electron chi connectivity index (χ0n) is 8.20. The van der Waals surface area contributed by atoms with Crippen LogP contribution in [0.5, 0.6) is 0 Å². The average molecular weight is 202 g/mol. The normalized spacial score (nSPS) is 19.1. The monoisotopic (exact) mass is 202 g/mol.